The minimum atomic E-state index is 0.214. The summed E-state index contributed by atoms with van der Waals surface area (Å²) in [6.07, 6.45) is 5.01. The van der Waals surface area contributed by atoms with Gasteiger partial charge in [0, 0.05) is 0 Å². The summed E-state index contributed by atoms with van der Waals surface area (Å²) < 4.78 is 5.81. The van der Waals surface area contributed by atoms with Crippen LogP contribution in [0.15, 0.2) is 24.3 Å². The van der Waals surface area contributed by atoms with E-state index in [0.29, 0.717) is 5.41 Å². The first-order chi connectivity index (χ1) is 9.18. The first-order valence-electron chi connectivity index (χ1n) is 7.92. The fourth-order valence-electron chi connectivity index (χ4n) is 2.18. The predicted molar refractivity (Wildman–Crippen MR) is 88.6 cm³/mol. The van der Waals surface area contributed by atoms with E-state index in [2.05, 4.69) is 65.8 Å². The average molecular weight is 276 g/mol. The minimum Gasteiger partial charge on any atom is -0.494 e. The SMILES string of the molecule is CC(C)(C)CCCCCOc1ccc(C(C)(C)C)cc1. The molecule has 0 heterocycles. The average Bonchev–Trinajstić information content (AvgIpc) is 2.32. The van der Waals surface area contributed by atoms with Crippen LogP contribution >= 0.6 is 0 Å². The Kier molecular flexibility index (Phi) is 6.10. The summed E-state index contributed by atoms with van der Waals surface area (Å²) in [6.45, 7) is 14.5. The molecule has 0 saturated heterocycles. The van der Waals surface area contributed by atoms with Crippen LogP contribution in [0.1, 0.15) is 72.8 Å². The molecule has 20 heavy (non-hydrogen) atoms. The maximum atomic E-state index is 5.81. The lowest BCUT2D eigenvalue weighted by atomic mass is 9.87. The monoisotopic (exact) mass is 276 g/mol. The van der Waals surface area contributed by atoms with Crippen LogP contribution in [0.25, 0.3) is 0 Å². The van der Waals surface area contributed by atoms with Gasteiger partial charge in [-0.2, -0.15) is 0 Å². The first kappa shape index (κ1) is 17.1. The lowest BCUT2D eigenvalue weighted by molar-refractivity contribution is 0.294. The van der Waals surface area contributed by atoms with Gasteiger partial charge in [0.1, 0.15) is 5.75 Å². The van der Waals surface area contributed by atoms with Gasteiger partial charge in [-0.1, -0.05) is 66.5 Å². The van der Waals surface area contributed by atoms with Crippen molar-refractivity contribution < 1.29 is 4.74 Å². The molecule has 0 unspecified atom stereocenters. The predicted octanol–water partition coefficient (Wildman–Crippen LogP) is 5.97. The lowest BCUT2D eigenvalue weighted by Crippen LogP contribution is -2.10. The van der Waals surface area contributed by atoms with Crippen LogP contribution in [0.4, 0.5) is 0 Å². The number of benzene rings is 1. The molecule has 1 aromatic rings. The smallest absolute Gasteiger partial charge is 0.119 e. The zero-order valence-corrected chi connectivity index (χ0v) is 14.3. The van der Waals surface area contributed by atoms with E-state index in [1.165, 1.54) is 24.8 Å². The van der Waals surface area contributed by atoms with Gasteiger partial charge in [0.2, 0.25) is 0 Å². The van der Waals surface area contributed by atoms with E-state index in [1.807, 2.05) is 0 Å². The van der Waals surface area contributed by atoms with Gasteiger partial charge in [0.05, 0.1) is 6.61 Å². The molecule has 0 fully saturated rings. The molecule has 0 saturated carbocycles. The third-order valence-electron chi connectivity index (χ3n) is 3.56. The molecule has 0 radical (unpaired) electrons. The van der Waals surface area contributed by atoms with Crippen molar-refractivity contribution in [3.8, 4) is 5.75 Å². The van der Waals surface area contributed by atoms with Gasteiger partial charge < -0.3 is 4.74 Å². The highest BCUT2D eigenvalue weighted by Crippen LogP contribution is 2.25. The van der Waals surface area contributed by atoms with Crippen LogP contribution < -0.4 is 4.74 Å². The molecule has 0 aliphatic rings. The van der Waals surface area contributed by atoms with Gasteiger partial charge in [-0.15, -0.1) is 0 Å². The second-order valence-corrected chi connectivity index (χ2v) is 7.99. The van der Waals surface area contributed by atoms with Crippen molar-refractivity contribution in [2.24, 2.45) is 5.41 Å². The van der Waals surface area contributed by atoms with E-state index >= 15 is 0 Å². The van der Waals surface area contributed by atoms with Gasteiger partial charge in [-0.3, -0.25) is 0 Å². The van der Waals surface area contributed by atoms with Crippen molar-refractivity contribution in [3.05, 3.63) is 29.8 Å². The van der Waals surface area contributed by atoms with Gasteiger partial charge in [0.25, 0.3) is 0 Å². The molecule has 0 aliphatic heterocycles. The number of unbranched alkanes of at least 4 members (excludes halogenated alkanes) is 2. The molecule has 0 atom stereocenters. The highest BCUT2D eigenvalue weighted by Gasteiger charge is 2.13. The maximum absolute atomic E-state index is 5.81. The molecule has 1 aromatic carbocycles. The Hall–Kier alpha value is -0.980. The van der Waals surface area contributed by atoms with Crippen LogP contribution in [-0.2, 0) is 5.41 Å². The van der Waals surface area contributed by atoms with Crippen molar-refractivity contribution in [2.75, 3.05) is 6.61 Å². The quantitative estimate of drug-likeness (QED) is 0.582. The second kappa shape index (κ2) is 7.15. The summed E-state index contributed by atoms with van der Waals surface area (Å²) in [4.78, 5) is 0. The largest absolute Gasteiger partial charge is 0.494 e. The van der Waals surface area contributed by atoms with Crippen LogP contribution in [0.3, 0.4) is 0 Å². The summed E-state index contributed by atoms with van der Waals surface area (Å²) in [7, 11) is 0. The first-order valence-corrected chi connectivity index (χ1v) is 7.92. The van der Waals surface area contributed by atoms with Crippen LogP contribution in [-0.4, -0.2) is 6.61 Å². The van der Waals surface area contributed by atoms with Gasteiger partial charge >= 0.3 is 0 Å². The third kappa shape index (κ3) is 6.98. The van der Waals surface area contributed by atoms with Crippen molar-refractivity contribution in [3.63, 3.8) is 0 Å². The Morgan fingerprint density at radius 3 is 1.90 bits per heavy atom. The summed E-state index contributed by atoms with van der Waals surface area (Å²) in [5.74, 6) is 0.994. The standard InChI is InChI=1S/C19H32O/c1-18(2,3)14-8-7-9-15-20-17-12-10-16(11-13-17)19(4,5)6/h10-13H,7-9,14-15H2,1-6H3. The van der Waals surface area contributed by atoms with E-state index in [1.54, 1.807) is 0 Å². The molecule has 0 spiro atoms. The van der Waals surface area contributed by atoms with Gasteiger partial charge in [-0.05, 0) is 41.4 Å². The van der Waals surface area contributed by atoms with Crippen molar-refractivity contribution in [1.29, 1.82) is 0 Å². The highest BCUT2D eigenvalue weighted by atomic mass is 16.5. The highest BCUT2D eigenvalue weighted by molar-refractivity contribution is 5.31. The van der Waals surface area contributed by atoms with Gasteiger partial charge in [-0.25, -0.2) is 0 Å². The van der Waals surface area contributed by atoms with Crippen LogP contribution in [0.2, 0.25) is 0 Å². The van der Waals surface area contributed by atoms with E-state index in [-0.39, 0.29) is 5.41 Å². The maximum Gasteiger partial charge on any atom is 0.119 e. The molecule has 0 amide bonds. The summed E-state index contributed by atoms with van der Waals surface area (Å²) in [6, 6.07) is 8.54. The molecule has 114 valence electrons. The lowest BCUT2D eigenvalue weighted by Gasteiger charge is -2.19. The summed E-state index contributed by atoms with van der Waals surface area (Å²) in [5.41, 5.74) is 2.03. The zero-order chi connectivity index (χ0) is 15.2. The summed E-state index contributed by atoms with van der Waals surface area (Å²) in [5, 5.41) is 0. The van der Waals surface area contributed by atoms with Crippen molar-refractivity contribution >= 4 is 0 Å². The molecule has 0 aliphatic carbocycles. The Labute approximate surface area is 125 Å². The van der Waals surface area contributed by atoms with Crippen LogP contribution in [0.5, 0.6) is 5.75 Å². The van der Waals surface area contributed by atoms with E-state index < -0.39 is 0 Å². The zero-order valence-electron chi connectivity index (χ0n) is 14.3. The Bertz CT molecular complexity index is 376. The Morgan fingerprint density at radius 1 is 0.800 bits per heavy atom. The third-order valence-corrected chi connectivity index (χ3v) is 3.56. The fraction of sp³-hybridized carbons (Fsp3) is 0.684. The minimum absolute atomic E-state index is 0.214. The molecule has 1 heteroatoms. The van der Waals surface area contributed by atoms with E-state index in [4.69, 9.17) is 4.74 Å². The van der Waals surface area contributed by atoms with Crippen LogP contribution in [0, 0.1) is 5.41 Å². The molecule has 0 aromatic heterocycles. The van der Waals surface area contributed by atoms with Crippen molar-refractivity contribution in [2.45, 2.75) is 72.6 Å². The molecule has 1 nitrogen and oxygen atoms in total. The summed E-state index contributed by atoms with van der Waals surface area (Å²) >= 11 is 0. The second-order valence-electron chi connectivity index (χ2n) is 7.99. The molecular formula is C19H32O. The number of hydrogen-bond donors (Lipinski definition) is 0. The van der Waals surface area contributed by atoms with Crippen molar-refractivity contribution in [1.82, 2.24) is 0 Å². The van der Waals surface area contributed by atoms with Gasteiger partial charge in [0.15, 0.2) is 0 Å². The molecule has 0 bridgehead atoms. The Balaban J connectivity index is 2.23. The van der Waals surface area contributed by atoms with E-state index in [9.17, 15) is 0 Å². The van der Waals surface area contributed by atoms with E-state index in [0.717, 1.165) is 18.8 Å². The molecule has 0 N–H and O–H groups in total. The Morgan fingerprint density at radius 2 is 1.40 bits per heavy atom. The molecule has 1 rings (SSSR count). The number of ether oxygens (including phenoxy) is 1. The number of rotatable bonds is 6. The number of hydrogen-bond acceptors (Lipinski definition) is 1. The normalized spacial score (nSPS) is 12.5. The molecular weight excluding hydrogens is 244 g/mol. The fourth-order valence-corrected chi connectivity index (χ4v) is 2.18. The topological polar surface area (TPSA) is 9.23 Å².